The lowest BCUT2D eigenvalue weighted by Crippen LogP contribution is -2.39. The average molecular weight is 248 g/mol. The highest BCUT2D eigenvalue weighted by Crippen LogP contribution is 1.98. The van der Waals surface area contributed by atoms with Gasteiger partial charge in [0.1, 0.15) is 0 Å². The quantitative estimate of drug-likeness (QED) is 0.339. The van der Waals surface area contributed by atoms with Crippen LogP contribution in [0, 0.1) is 0 Å². The van der Waals surface area contributed by atoms with Crippen LogP contribution in [0.15, 0.2) is 0 Å². The van der Waals surface area contributed by atoms with Gasteiger partial charge < -0.3 is 26.0 Å². The molecule has 0 amide bonds. The fourth-order valence-electron chi connectivity index (χ4n) is 1.49. The Labute approximate surface area is 104 Å². The molecule has 0 aromatic heterocycles. The van der Waals surface area contributed by atoms with E-state index in [2.05, 4.69) is 17.6 Å². The molecule has 0 spiro atoms. The standard InChI is InChI=1S/C12H28N2O3/c1-3-4-5-11(16)7-14-9-12(17)8-13-6-10(2)15/h10-17H,3-9H2,1-2H3. The first-order valence-electron chi connectivity index (χ1n) is 6.51. The highest BCUT2D eigenvalue weighted by molar-refractivity contribution is 4.66. The highest BCUT2D eigenvalue weighted by atomic mass is 16.3. The number of hydrogen-bond donors (Lipinski definition) is 5. The van der Waals surface area contributed by atoms with Crippen LogP contribution >= 0.6 is 0 Å². The van der Waals surface area contributed by atoms with Gasteiger partial charge >= 0.3 is 0 Å². The molecule has 3 atom stereocenters. The molecule has 5 nitrogen and oxygen atoms in total. The first-order valence-corrected chi connectivity index (χ1v) is 6.51. The van der Waals surface area contributed by atoms with Crippen molar-refractivity contribution in [3.05, 3.63) is 0 Å². The number of nitrogens with one attached hydrogen (secondary N) is 2. The van der Waals surface area contributed by atoms with Crippen molar-refractivity contribution >= 4 is 0 Å². The second kappa shape index (κ2) is 10.9. The van der Waals surface area contributed by atoms with Gasteiger partial charge in [0.2, 0.25) is 0 Å². The molecular weight excluding hydrogens is 220 g/mol. The molecule has 0 rings (SSSR count). The van der Waals surface area contributed by atoms with Crippen molar-refractivity contribution in [1.82, 2.24) is 10.6 Å². The van der Waals surface area contributed by atoms with Crippen LogP contribution in [0.5, 0.6) is 0 Å². The van der Waals surface area contributed by atoms with E-state index in [1.54, 1.807) is 6.92 Å². The van der Waals surface area contributed by atoms with E-state index in [1.165, 1.54) is 0 Å². The molecular formula is C12H28N2O3. The van der Waals surface area contributed by atoms with E-state index in [1.807, 2.05) is 0 Å². The summed E-state index contributed by atoms with van der Waals surface area (Å²) in [5, 5.41) is 34.1. The molecule has 104 valence electrons. The van der Waals surface area contributed by atoms with Crippen molar-refractivity contribution < 1.29 is 15.3 Å². The molecule has 0 bridgehead atoms. The van der Waals surface area contributed by atoms with Gasteiger partial charge in [0.05, 0.1) is 18.3 Å². The van der Waals surface area contributed by atoms with Crippen LogP contribution in [-0.2, 0) is 0 Å². The van der Waals surface area contributed by atoms with Crippen molar-refractivity contribution in [2.24, 2.45) is 0 Å². The molecule has 0 radical (unpaired) electrons. The number of aliphatic hydroxyl groups excluding tert-OH is 3. The van der Waals surface area contributed by atoms with Gasteiger partial charge in [-0.25, -0.2) is 0 Å². The zero-order valence-electron chi connectivity index (χ0n) is 11.0. The van der Waals surface area contributed by atoms with E-state index >= 15 is 0 Å². The largest absolute Gasteiger partial charge is 0.392 e. The van der Waals surface area contributed by atoms with Crippen molar-refractivity contribution in [3.8, 4) is 0 Å². The Bertz CT molecular complexity index is 168. The van der Waals surface area contributed by atoms with Gasteiger partial charge in [0, 0.05) is 26.2 Å². The summed E-state index contributed by atoms with van der Waals surface area (Å²) in [5.41, 5.74) is 0. The molecule has 0 aromatic carbocycles. The zero-order chi connectivity index (χ0) is 13.1. The van der Waals surface area contributed by atoms with Gasteiger partial charge in [-0.2, -0.15) is 0 Å². The Morgan fingerprint density at radius 3 is 1.94 bits per heavy atom. The average Bonchev–Trinajstić information content (AvgIpc) is 2.25. The van der Waals surface area contributed by atoms with Crippen molar-refractivity contribution in [2.75, 3.05) is 26.2 Å². The predicted octanol–water partition coefficient (Wildman–Crippen LogP) is -0.542. The van der Waals surface area contributed by atoms with E-state index in [0.717, 1.165) is 19.3 Å². The minimum Gasteiger partial charge on any atom is -0.392 e. The minimum atomic E-state index is -0.493. The van der Waals surface area contributed by atoms with Crippen LogP contribution in [0.1, 0.15) is 33.1 Å². The van der Waals surface area contributed by atoms with Gasteiger partial charge in [-0.3, -0.25) is 0 Å². The summed E-state index contributed by atoms with van der Waals surface area (Å²) in [7, 11) is 0. The van der Waals surface area contributed by atoms with Crippen LogP contribution in [-0.4, -0.2) is 59.8 Å². The first kappa shape index (κ1) is 16.8. The molecule has 0 aliphatic rings. The summed E-state index contributed by atoms with van der Waals surface area (Å²) in [4.78, 5) is 0. The molecule has 0 saturated carbocycles. The molecule has 0 fully saturated rings. The Hall–Kier alpha value is -0.200. The third-order valence-electron chi connectivity index (χ3n) is 2.47. The Balaban J connectivity index is 3.34. The van der Waals surface area contributed by atoms with E-state index < -0.39 is 12.2 Å². The van der Waals surface area contributed by atoms with Gasteiger partial charge in [-0.05, 0) is 13.3 Å². The molecule has 0 aliphatic heterocycles. The monoisotopic (exact) mass is 248 g/mol. The number of rotatable bonds is 11. The zero-order valence-corrected chi connectivity index (χ0v) is 11.0. The minimum absolute atomic E-state index is 0.326. The van der Waals surface area contributed by atoms with Gasteiger partial charge in [0.15, 0.2) is 0 Å². The fourth-order valence-corrected chi connectivity index (χ4v) is 1.49. The molecule has 0 heterocycles. The Morgan fingerprint density at radius 1 is 0.882 bits per heavy atom. The van der Waals surface area contributed by atoms with E-state index in [4.69, 9.17) is 5.11 Å². The summed E-state index contributed by atoms with van der Waals surface area (Å²) in [5.74, 6) is 0. The molecule has 3 unspecified atom stereocenters. The third kappa shape index (κ3) is 12.1. The molecule has 0 aromatic rings. The highest BCUT2D eigenvalue weighted by Gasteiger charge is 2.06. The summed E-state index contributed by atoms with van der Waals surface area (Å²) < 4.78 is 0. The molecule has 0 aliphatic carbocycles. The van der Waals surface area contributed by atoms with Crippen LogP contribution in [0.2, 0.25) is 0 Å². The second-order valence-electron chi connectivity index (χ2n) is 4.62. The number of aliphatic hydroxyl groups is 3. The SMILES string of the molecule is CCCCC(O)CNCC(O)CNCC(C)O. The maximum absolute atomic E-state index is 9.56. The first-order chi connectivity index (χ1) is 8.06. The van der Waals surface area contributed by atoms with Gasteiger partial charge in [-0.15, -0.1) is 0 Å². The maximum atomic E-state index is 9.56. The van der Waals surface area contributed by atoms with Crippen molar-refractivity contribution in [2.45, 2.75) is 51.4 Å². The molecule has 0 saturated heterocycles. The molecule has 17 heavy (non-hydrogen) atoms. The van der Waals surface area contributed by atoms with Crippen LogP contribution in [0.3, 0.4) is 0 Å². The number of unbranched alkanes of at least 4 members (excludes halogenated alkanes) is 1. The molecule has 5 N–H and O–H groups in total. The lowest BCUT2D eigenvalue weighted by molar-refractivity contribution is 0.133. The predicted molar refractivity (Wildman–Crippen MR) is 69.0 cm³/mol. The van der Waals surface area contributed by atoms with Crippen molar-refractivity contribution in [1.29, 1.82) is 0 Å². The summed E-state index contributed by atoms with van der Waals surface area (Å²) in [6, 6.07) is 0. The third-order valence-corrected chi connectivity index (χ3v) is 2.47. The van der Waals surface area contributed by atoms with Gasteiger partial charge in [0.25, 0.3) is 0 Å². The summed E-state index contributed by atoms with van der Waals surface area (Å²) >= 11 is 0. The second-order valence-corrected chi connectivity index (χ2v) is 4.62. The Kier molecular flexibility index (Phi) is 10.8. The summed E-state index contributed by atoms with van der Waals surface area (Å²) in [6.07, 6.45) is 1.70. The van der Waals surface area contributed by atoms with E-state index in [0.29, 0.717) is 26.2 Å². The van der Waals surface area contributed by atoms with Gasteiger partial charge in [-0.1, -0.05) is 19.8 Å². The maximum Gasteiger partial charge on any atom is 0.0788 e. The Morgan fingerprint density at radius 2 is 1.41 bits per heavy atom. The summed E-state index contributed by atoms with van der Waals surface area (Å²) in [6.45, 7) is 5.70. The lowest BCUT2D eigenvalue weighted by atomic mass is 10.1. The lowest BCUT2D eigenvalue weighted by Gasteiger charge is -2.15. The smallest absolute Gasteiger partial charge is 0.0788 e. The van der Waals surface area contributed by atoms with Crippen LogP contribution in [0.25, 0.3) is 0 Å². The molecule has 5 heteroatoms. The fraction of sp³-hybridized carbons (Fsp3) is 1.00. The van der Waals surface area contributed by atoms with E-state index in [-0.39, 0.29) is 6.10 Å². The van der Waals surface area contributed by atoms with Crippen LogP contribution < -0.4 is 10.6 Å². The van der Waals surface area contributed by atoms with Crippen molar-refractivity contribution in [3.63, 3.8) is 0 Å². The van der Waals surface area contributed by atoms with Crippen LogP contribution in [0.4, 0.5) is 0 Å². The number of hydrogen-bond acceptors (Lipinski definition) is 5. The topological polar surface area (TPSA) is 84.8 Å². The normalized spacial score (nSPS) is 16.8. The van der Waals surface area contributed by atoms with E-state index in [9.17, 15) is 10.2 Å².